The Labute approximate surface area is 161 Å². The van der Waals surface area contributed by atoms with E-state index in [1.54, 1.807) is 48.5 Å². The van der Waals surface area contributed by atoms with E-state index < -0.39 is 12.7 Å². The van der Waals surface area contributed by atoms with Gasteiger partial charge in [0.05, 0.1) is 13.7 Å². The molecule has 0 fully saturated rings. The summed E-state index contributed by atoms with van der Waals surface area (Å²) in [4.78, 5) is 1.08. The van der Waals surface area contributed by atoms with E-state index in [4.69, 9.17) is 21.7 Å². The van der Waals surface area contributed by atoms with Crippen LogP contribution in [0.3, 0.4) is 0 Å². The van der Waals surface area contributed by atoms with E-state index >= 15 is 0 Å². The van der Waals surface area contributed by atoms with Gasteiger partial charge in [-0.15, -0.1) is 0 Å². The fourth-order valence-corrected chi connectivity index (χ4v) is 2.62. The van der Waals surface area contributed by atoms with Gasteiger partial charge in [0, 0.05) is 12.2 Å². The Morgan fingerprint density at radius 1 is 1.04 bits per heavy atom. The van der Waals surface area contributed by atoms with Gasteiger partial charge in [-0.3, -0.25) is 0 Å². The molecule has 0 unspecified atom stereocenters. The zero-order chi connectivity index (χ0) is 19.9. The lowest BCUT2D eigenvalue weighted by Crippen LogP contribution is -2.40. The van der Waals surface area contributed by atoms with Crippen molar-refractivity contribution >= 4 is 23.0 Å². The van der Waals surface area contributed by atoms with Crippen molar-refractivity contribution in [2.75, 3.05) is 25.6 Å². The van der Waals surface area contributed by atoms with E-state index in [1.165, 1.54) is 7.11 Å². The number of rotatable bonds is 7. The van der Waals surface area contributed by atoms with Crippen LogP contribution in [0.4, 0.5) is 18.9 Å². The van der Waals surface area contributed by atoms with Gasteiger partial charge in [0.1, 0.15) is 18.0 Å². The zero-order valence-corrected chi connectivity index (χ0v) is 15.9. The highest BCUT2D eigenvalue weighted by molar-refractivity contribution is 7.80. The number of halogens is 3. The van der Waals surface area contributed by atoms with Crippen LogP contribution in [0.5, 0.6) is 11.5 Å². The summed E-state index contributed by atoms with van der Waals surface area (Å²) in [5.74, 6) is 1.32. The average molecular weight is 398 g/mol. The summed E-state index contributed by atoms with van der Waals surface area (Å²) in [5.41, 5.74) is 1.28. The first-order valence-corrected chi connectivity index (χ1v) is 8.70. The molecule has 2 aromatic rings. The third-order valence-electron chi connectivity index (χ3n) is 3.61. The molecule has 0 aliphatic rings. The Morgan fingerprint density at radius 3 is 2.15 bits per heavy atom. The number of thiocarbonyl (C=S) groups is 1. The summed E-state index contributed by atoms with van der Waals surface area (Å²) in [6.45, 7) is 1.27. The van der Waals surface area contributed by atoms with E-state index in [-0.39, 0.29) is 11.7 Å². The molecule has 146 valence electrons. The normalized spacial score (nSPS) is 11.0. The predicted octanol–water partition coefficient (Wildman–Crippen LogP) is 4.86. The molecule has 0 radical (unpaired) electrons. The van der Waals surface area contributed by atoms with Gasteiger partial charge in [-0.25, -0.2) is 0 Å². The predicted molar refractivity (Wildman–Crippen MR) is 103 cm³/mol. The molecule has 0 saturated heterocycles. The van der Waals surface area contributed by atoms with Crippen LogP contribution >= 0.6 is 12.2 Å². The Balaban J connectivity index is 2.10. The number of anilines is 1. The molecule has 2 aromatic carbocycles. The third-order valence-corrected chi connectivity index (χ3v) is 3.97. The number of methoxy groups -OCH3 is 1. The smallest absolute Gasteiger partial charge is 0.406 e. The molecule has 0 amide bonds. The molecule has 0 heterocycles. The fourth-order valence-electron chi connectivity index (χ4n) is 2.37. The van der Waals surface area contributed by atoms with Crippen molar-refractivity contribution < 1.29 is 22.6 Å². The summed E-state index contributed by atoms with van der Waals surface area (Å²) in [7, 11) is 1.53. The molecule has 0 bridgehead atoms. The van der Waals surface area contributed by atoms with E-state index in [2.05, 4.69) is 5.32 Å². The number of nitrogens with zero attached hydrogens (tertiary/aromatic N) is 1. The molecule has 0 aliphatic carbocycles. The highest BCUT2D eigenvalue weighted by Gasteiger charge is 2.32. The van der Waals surface area contributed by atoms with Crippen molar-refractivity contribution in [3.8, 4) is 11.5 Å². The zero-order valence-electron chi connectivity index (χ0n) is 15.0. The lowest BCUT2D eigenvalue weighted by atomic mass is 10.2. The summed E-state index contributed by atoms with van der Waals surface area (Å²) >= 11 is 5.22. The molecule has 27 heavy (non-hydrogen) atoms. The maximum absolute atomic E-state index is 13.0. The molecule has 0 saturated carbocycles. The van der Waals surface area contributed by atoms with Gasteiger partial charge in [-0.05, 0) is 61.1 Å². The van der Waals surface area contributed by atoms with E-state index in [9.17, 15) is 13.2 Å². The molecule has 4 nitrogen and oxygen atoms in total. The first-order chi connectivity index (χ1) is 12.8. The van der Waals surface area contributed by atoms with Crippen LogP contribution in [0.25, 0.3) is 0 Å². The van der Waals surface area contributed by atoms with E-state index in [0.29, 0.717) is 29.4 Å². The summed E-state index contributed by atoms with van der Waals surface area (Å²) in [6.07, 6.45) is -4.38. The number of hydrogen-bond donors (Lipinski definition) is 1. The minimum absolute atomic E-state index is 0.00713. The van der Waals surface area contributed by atoms with Crippen LogP contribution in [0, 0.1) is 0 Å². The van der Waals surface area contributed by atoms with Crippen LogP contribution in [0.15, 0.2) is 48.5 Å². The van der Waals surface area contributed by atoms with Crippen molar-refractivity contribution in [3.05, 3.63) is 54.1 Å². The number of nitrogens with one attached hydrogen (secondary N) is 1. The monoisotopic (exact) mass is 398 g/mol. The summed E-state index contributed by atoms with van der Waals surface area (Å²) in [6, 6.07) is 13.7. The highest BCUT2D eigenvalue weighted by Crippen LogP contribution is 2.21. The minimum Gasteiger partial charge on any atom is -0.497 e. The van der Waals surface area contributed by atoms with Crippen molar-refractivity contribution in [2.24, 2.45) is 0 Å². The second-order valence-electron chi connectivity index (χ2n) is 5.71. The molecule has 0 aliphatic heterocycles. The van der Waals surface area contributed by atoms with Gasteiger partial charge in [-0.1, -0.05) is 12.1 Å². The van der Waals surface area contributed by atoms with E-state index in [0.717, 1.165) is 4.90 Å². The first kappa shape index (κ1) is 20.8. The number of benzene rings is 2. The van der Waals surface area contributed by atoms with Crippen LogP contribution < -0.4 is 14.8 Å². The van der Waals surface area contributed by atoms with Crippen LogP contribution in [-0.2, 0) is 6.54 Å². The minimum atomic E-state index is -4.38. The molecule has 0 spiro atoms. The Morgan fingerprint density at radius 2 is 1.63 bits per heavy atom. The summed E-state index contributed by atoms with van der Waals surface area (Å²) in [5, 5.41) is 2.85. The Kier molecular flexibility index (Phi) is 7.29. The van der Waals surface area contributed by atoms with Crippen LogP contribution in [0.2, 0.25) is 0 Å². The lowest BCUT2D eigenvalue weighted by molar-refractivity contribution is -0.138. The van der Waals surface area contributed by atoms with Gasteiger partial charge >= 0.3 is 6.18 Å². The second-order valence-corrected chi connectivity index (χ2v) is 6.09. The van der Waals surface area contributed by atoms with Gasteiger partial charge in [-0.2, -0.15) is 13.2 Å². The molecular formula is C19H21F3N2O2S. The number of alkyl halides is 3. The van der Waals surface area contributed by atoms with Crippen LogP contribution in [-0.4, -0.2) is 36.5 Å². The molecule has 8 heteroatoms. The standard InChI is InChI=1S/C19H21F3N2O2S/c1-3-26-17-10-6-15(7-11-17)23-18(27)24(13-19(20,21)22)12-14-4-8-16(25-2)9-5-14/h4-11H,3,12-13H2,1-2H3,(H,23,27). The van der Waals surface area contributed by atoms with Gasteiger partial charge in [0.2, 0.25) is 0 Å². The maximum atomic E-state index is 13.0. The number of hydrogen-bond acceptors (Lipinski definition) is 3. The maximum Gasteiger partial charge on any atom is 0.406 e. The van der Waals surface area contributed by atoms with E-state index in [1.807, 2.05) is 6.92 Å². The Bertz CT molecular complexity index is 734. The highest BCUT2D eigenvalue weighted by atomic mass is 32.1. The van der Waals surface area contributed by atoms with Gasteiger partial charge in [0.15, 0.2) is 5.11 Å². The second kappa shape index (κ2) is 9.45. The van der Waals surface area contributed by atoms with Crippen molar-refractivity contribution in [2.45, 2.75) is 19.6 Å². The molecule has 1 N–H and O–H groups in total. The Hall–Kier alpha value is -2.48. The quantitative estimate of drug-likeness (QED) is 0.674. The van der Waals surface area contributed by atoms with Crippen molar-refractivity contribution in [1.82, 2.24) is 4.90 Å². The molecule has 0 aromatic heterocycles. The SMILES string of the molecule is CCOc1ccc(NC(=S)N(Cc2ccc(OC)cc2)CC(F)(F)F)cc1. The largest absolute Gasteiger partial charge is 0.497 e. The average Bonchev–Trinajstić information content (AvgIpc) is 2.62. The fraction of sp³-hybridized carbons (Fsp3) is 0.316. The molecule has 2 rings (SSSR count). The lowest BCUT2D eigenvalue weighted by Gasteiger charge is -2.27. The van der Waals surface area contributed by atoms with Crippen LogP contribution in [0.1, 0.15) is 12.5 Å². The molecule has 0 atom stereocenters. The topological polar surface area (TPSA) is 33.7 Å². The first-order valence-electron chi connectivity index (χ1n) is 8.29. The van der Waals surface area contributed by atoms with Crippen molar-refractivity contribution in [1.29, 1.82) is 0 Å². The van der Waals surface area contributed by atoms with Gasteiger partial charge in [0.25, 0.3) is 0 Å². The van der Waals surface area contributed by atoms with Gasteiger partial charge < -0.3 is 19.7 Å². The number of ether oxygens (including phenoxy) is 2. The summed E-state index contributed by atoms with van der Waals surface area (Å²) < 4.78 is 49.4. The third kappa shape index (κ3) is 6.97. The van der Waals surface area contributed by atoms with Crippen molar-refractivity contribution in [3.63, 3.8) is 0 Å². The molecular weight excluding hydrogens is 377 g/mol.